The van der Waals surface area contributed by atoms with E-state index in [0.717, 1.165) is 6.54 Å². The van der Waals surface area contributed by atoms with Gasteiger partial charge in [-0.3, -0.25) is 4.79 Å². The van der Waals surface area contributed by atoms with E-state index in [1.165, 1.54) is 27.3 Å². The summed E-state index contributed by atoms with van der Waals surface area (Å²) in [5, 5.41) is 11.1. The lowest BCUT2D eigenvalue weighted by molar-refractivity contribution is -0.941. The first kappa shape index (κ1) is 13.6. The number of thiophene rings is 1. The highest BCUT2D eigenvalue weighted by molar-refractivity contribution is 7.10. The molecule has 0 spiro atoms. The minimum absolute atomic E-state index is 0.0464. The van der Waals surface area contributed by atoms with Gasteiger partial charge in [0.25, 0.3) is 5.56 Å². The van der Waals surface area contributed by atoms with Crippen molar-refractivity contribution >= 4 is 22.2 Å². The fourth-order valence-corrected chi connectivity index (χ4v) is 4.17. The van der Waals surface area contributed by atoms with Crippen molar-refractivity contribution in [2.45, 2.75) is 25.6 Å². The van der Waals surface area contributed by atoms with Gasteiger partial charge in [0.05, 0.1) is 16.8 Å². The van der Waals surface area contributed by atoms with Crippen molar-refractivity contribution in [3.63, 3.8) is 0 Å². The molecule has 1 aliphatic rings. The molecule has 1 aliphatic heterocycles. The Morgan fingerprint density at radius 3 is 3.05 bits per heavy atom. The Morgan fingerprint density at radius 1 is 1.27 bits per heavy atom. The Balaban J connectivity index is 1.66. The highest BCUT2D eigenvalue weighted by Gasteiger charge is 2.31. The van der Waals surface area contributed by atoms with Crippen LogP contribution in [0.2, 0.25) is 0 Å². The third-order valence-corrected chi connectivity index (χ3v) is 5.34. The topological polar surface area (TPSA) is 52.2 Å². The predicted molar refractivity (Wildman–Crippen MR) is 85.9 cm³/mol. The van der Waals surface area contributed by atoms with E-state index in [4.69, 9.17) is 0 Å². The number of rotatable bonds is 3. The van der Waals surface area contributed by atoms with E-state index >= 15 is 0 Å². The van der Waals surface area contributed by atoms with Crippen molar-refractivity contribution in [1.82, 2.24) is 15.0 Å². The van der Waals surface area contributed by atoms with Crippen molar-refractivity contribution < 1.29 is 4.90 Å². The van der Waals surface area contributed by atoms with Gasteiger partial charge in [-0.15, -0.1) is 16.4 Å². The Morgan fingerprint density at radius 2 is 2.18 bits per heavy atom. The Bertz CT molecular complexity index is 843. The normalized spacial score (nSPS) is 21.5. The quantitative estimate of drug-likeness (QED) is 0.791. The van der Waals surface area contributed by atoms with E-state index in [1.54, 1.807) is 11.3 Å². The molecule has 0 saturated carbocycles. The SMILES string of the molecule is O=c1c2ccccc2nnn1C[NH+]1CCC[C@@H]1c1cccs1. The van der Waals surface area contributed by atoms with Crippen LogP contribution >= 0.6 is 11.3 Å². The molecule has 0 radical (unpaired) electrons. The van der Waals surface area contributed by atoms with Crippen LogP contribution < -0.4 is 10.5 Å². The van der Waals surface area contributed by atoms with Gasteiger partial charge in [-0.25, -0.2) is 0 Å². The summed E-state index contributed by atoms with van der Waals surface area (Å²) < 4.78 is 1.52. The second kappa shape index (κ2) is 5.62. The van der Waals surface area contributed by atoms with Crippen molar-refractivity contribution in [3.8, 4) is 0 Å². The summed E-state index contributed by atoms with van der Waals surface area (Å²) in [5.74, 6) is 0. The van der Waals surface area contributed by atoms with Gasteiger partial charge in [-0.2, -0.15) is 4.68 Å². The Kier molecular flexibility index (Phi) is 3.48. The van der Waals surface area contributed by atoms with Crippen molar-refractivity contribution in [3.05, 3.63) is 57.0 Å². The highest BCUT2D eigenvalue weighted by Crippen LogP contribution is 2.23. The summed E-state index contributed by atoms with van der Waals surface area (Å²) >= 11 is 1.80. The molecule has 0 aliphatic carbocycles. The fraction of sp³-hybridized carbons (Fsp3) is 0.312. The van der Waals surface area contributed by atoms with Crippen molar-refractivity contribution in [2.24, 2.45) is 0 Å². The molecule has 22 heavy (non-hydrogen) atoms. The molecule has 4 rings (SSSR count). The lowest BCUT2D eigenvalue weighted by atomic mass is 10.2. The van der Waals surface area contributed by atoms with Crippen LogP contribution in [-0.2, 0) is 6.67 Å². The van der Waals surface area contributed by atoms with Crippen LogP contribution in [0, 0.1) is 0 Å². The highest BCUT2D eigenvalue weighted by atomic mass is 32.1. The van der Waals surface area contributed by atoms with E-state index in [2.05, 4.69) is 27.8 Å². The number of aromatic nitrogens is 3. The standard InChI is InChI=1S/C16H16N4OS/c21-16-12-5-1-2-6-13(12)17-18-20(16)11-19-9-3-7-14(19)15-8-4-10-22-15/h1-2,4-6,8,10,14H,3,7,9,11H2/p+1/t14-/m1/s1. The number of fused-ring (bicyclic) bond motifs is 1. The molecule has 0 bridgehead atoms. The zero-order chi connectivity index (χ0) is 14.9. The minimum Gasteiger partial charge on any atom is -0.309 e. The van der Waals surface area contributed by atoms with Gasteiger partial charge in [-0.1, -0.05) is 23.4 Å². The van der Waals surface area contributed by atoms with Crippen LogP contribution in [0.25, 0.3) is 10.9 Å². The molecule has 2 atom stereocenters. The molecule has 0 amide bonds. The van der Waals surface area contributed by atoms with Gasteiger partial charge in [-0.05, 0) is 23.6 Å². The smallest absolute Gasteiger partial charge is 0.282 e. The zero-order valence-corrected chi connectivity index (χ0v) is 12.9. The lowest BCUT2D eigenvalue weighted by Crippen LogP contribution is -3.09. The van der Waals surface area contributed by atoms with Crippen LogP contribution in [0.1, 0.15) is 23.8 Å². The van der Waals surface area contributed by atoms with Gasteiger partial charge >= 0.3 is 0 Å². The molecule has 1 aromatic carbocycles. The summed E-state index contributed by atoms with van der Waals surface area (Å²) in [4.78, 5) is 15.4. The van der Waals surface area contributed by atoms with Gasteiger partial charge in [0.1, 0.15) is 11.6 Å². The van der Waals surface area contributed by atoms with E-state index < -0.39 is 0 Å². The maximum absolute atomic E-state index is 12.6. The average Bonchev–Trinajstić information content (AvgIpc) is 3.21. The molecule has 2 aromatic heterocycles. The first-order valence-corrected chi connectivity index (χ1v) is 8.41. The molecule has 3 heterocycles. The zero-order valence-electron chi connectivity index (χ0n) is 12.1. The molecule has 1 fully saturated rings. The van der Waals surface area contributed by atoms with Crippen LogP contribution in [0.15, 0.2) is 46.6 Å². The van der Waals surface area contributed by atoms with E-state index in [9.17, 15) is 4.79 Å². The molecule has 6 heteroatoms. The summed E-state index contributed by atoms with van der Waals surface area (Å²) in [7, 11) is 0. The largest absolute Gasteiger partial charge is 0.309 e. The maximum Gasteiger partial charge on any atom is 0.282 e. The molecule has 1 N–H and O–H groups in total. The number of hydrogen-bond donors (Lipinski definition) is 1. The molecule has 112 valence electrons. The van der Waals surface area contributed by atoms with Gasteiger partial charge in [0.2, 0.25) is 0 Å². The van der Waals surface area contributed by atoms with Crippen molar-refractivity contribution in [1.29, 1.82) is 0 Å². The van der Waals surface area contributed by atoms with Gasteiger partial charge in [0.15, 0.2) is 6.67 Å². The van der Waals surface area contributed by atoms with Crippen LogP contribution in [0.5, 0.6) is 0 Å². The monoisotopic (exact) mass is 313 g/mol. The van der Waals surface area contributed by atoms with E-state index in [-0.39, 0.29) is 5.56 Å². The van der Waals surface area contributed by atoms with E-state index in [1.807, 2.05) is 24.3 Å². The van der Waals surface area contributed by atoms with Crippen LogP contribution in [-0.4, -0.2) is 21.5 Å². The van der Waals surface area contributed by atoms with Crippen LogP contribution in [0.3, 0.4) is 0 Å². The Hall–Kier alpha value is -2.05. The first-order valence-electron chi connectivity index (χ1n) is 7.53. The van der Waals surface area contributed by atoms with Gasteiger partial charge in [0, 0.05) is 12.8 Å². The number of hydrogen-bond acceptors (Lipinski definition) is 4. The third-order valence-electron chi connectivity index (χ3n) is 4.35. The summed E-state index contributed by atoms with van der Waals surface area (Å²) in [6.07, 6.45) is 2.36. The average molecular weight is 313 g/mol. The number of quaternary nitrogens is 1. The second-order valence-electron chi connectivity index (χ2n) is 5.69. The summed E-state index contributed by atoms with van der Waals surface area (Å²) in [5.41, 5.74) is 0.616. The van der Waals surface area contributed by atoms with E-state index in [0.29, 0.717) is 23.6 Å². The predicted octanol–water partition coefficient (Wildman–Crippen LogP) is 1.23. The number of nitrogens with zero attached hydrogens (tertiary/aromatic N) is 3. The first-order chi connectivity index (χ1) is 10.8. The second-order valence-corrected chi connectivity index (χ2v) is 6.67. The summed E-state index contributed by atoms with van der Waals surface area (Å²) in [6.45, 7) is 1.66. The molecular weight excluding hydrogens is 296 g/mol. The number of likely N-dealkylation sites (tertiary alicyclic amines) is 1. The van der Waals surface area contributed by atoms with Crippen molar-refractivity contribution in [2.75, 3.05) is 6.54 Å². The lowest BCUT2D eigenvalue weighted by Gasteiger charge is -2.20. The Labute approximate surface area is 131 Å². The minimum atomic E-state index is -0.0464. The van der Waals surface area contributed by atoms with Crippen LogP contribution in [0.4, 0.5) is 0 Å². The molecule has 3 aromatic rings. The molecular formula is C16H17N4OS+. The summed E-state index contributed by atoms with van der Waals surface area (Å²) in [6, 6.07) is 12.1. The molecule has 5 nitrogen and oxygen atoms in total. The number of benzene rings is 1. The molecule has 1 saturated heterocycles. The fourth-order valence-electron chi connectivity index (χ4n) is 3.25. The third kappa shape index (κ3) is 2.34. The maximum atomic E-state index is 12.6. The number of nitrogens with one attached hydrogen (secondary N) is 1. The van der Waals surface area contributed by atoms with Gasteiger partial charge < -0.3 is 4.90 Å². The molecule has 1 unspecified atom stereocenters.